The van der Waals surface area contributed by atoms with Crippen LogP contribution < -0.4 is 5.32 Å². The molecule has 2 aromatic heterocycles. The summed E-state index contributed by atoms with van der Waals surface area (Å²) in [5.41, 5.74) is 1.56. The largest absolute Gasteiger partial charge is 0.424 e. The van der Waals surface area contributed by atoms with E-state index in [0.29, 0.717) is 17.3 Å². The van der Waals surface area contributed by atoms with Gasteiger partial charge in [-0.15, -0.1) is 10.2 Å². The van der Waals surface area contributed by atoms with Gasteiger partial charge in [0.2, 0.25) is 12.3 Å². The third kappa shape index (κ3) is 4.49. The Balaban J connectivity index is 1.94. The molecule has 2 rings (SSSR count). The molecule has 2 aromatic rings. The number of allylic oxidation sites excluding steroid dienone is 4. The lowest BCUT2D eigenvalue weighted by molar-refractivity contribution is 0.0962. The Labute approximate surface area is 135 Å². The molecule has 0 saturated carbocycles. The van der Waals surface area contributed by atoms with Gasteiger partial charge in [0.1, 0.15) is 5.69 Å². The van der Waals surface area contributed by atoms with Crippen molar-refractivity contribution in [2.24, 2.45) is 0 Å². The zero-order valence-electron chi connectivity index (χ0n) is 11.8. The Hall–Kier alpha value is -2.54. The fraction of sp³-hybridized carbons (Fsp3) is 0.0667. The first kappa shape index (κ1) is 15.8. The number of halogens is 1. The molecular weight excluding hydrogens is 348 g/mol. The fourth-order valence-corrected chi connectivity index (χ4v) is 1.84. The molecule has 0 unspecified atom stereocenters. The number of pyridine rings is 1. The smallest absolute Gasteiger partial charge is 0.274 e. The highest BCUT2D eigenvalue weighted by molar-refractivity contribution is 9.10. The number of carbonyl (C=O) groups excluding carboxylic acids is 1. The second kappa shape index (κ2) is 7.46. The number of rotatable bonds is 5. The van der Waals surface area contributed by atoms with Crippen LogP contribution >= 0.6 is 15.9 Å². The van der Waals surface area contributed by atoms with Crippen LogP contribution in [0.5, 0.6) is 0 Å². The molecule has 6 nitrogen and oxygen atoms in total. The van der Waals surface area contributed by atoms with Crippen molar-refractivity contribution in [1.82, 2.24) is 20.5 Å². The monoisotopic (exact) mass is 360 g/mol. The van der Waals surface area contributed by atoms with E-state index in [9.17, 15) is 4.79 Å². The lowest BCUT2D eigenvalue weighted by Gasteiger charge is -2.03. The zero-order valence-corrected chi connectivity index (χ0v) is 13.4. The third-order valence-electron chi connectivity index (χ3n) is 2.57. The second-order valence-electron chi connectivity index (χ2n) is 4.29. The number of amides is 1. The van der Waals surface area contributed by atoms with Gasteiger partial charge in [0, 0.05) is 21.9 Å². The maximum Gasteiger partial charge on any atom is 0.274 e. The van der Waals surface area contributed by atoms with Crippen molar-refractivity contribution in [2.45, 2.75) is 6.92 Å². The Bertz CT molecular complexity index is 736. The first-order valence-corrected chi connectivity index (χ1v) is 7.09. The molecule has 0 saturated heterocycles. The number of hydrogen-bond donors (Lipinski definition) is 1. The summed E-state index contributed by atoms with van der Waals surface area (Å²) >= 11 is 3.29. The summed E-state index contributed by atoms with van der Waals surface area (Å²) in [5, 5.41) is 10.0. The SMILES string of the molecule is C=C(/C=C\C=C(/C)c1nnco1)NC(=O)c1cc(Br)ccn1. The van der Waals surface area contributed by atoms with Crippen LogP contribution in [-0.4, -0.2) is 21.1 Å². The Morgan fingerprint density at radius 3 is 3.00 bits per heavy atom. The number of aromatic nitrogens is 3. The predicted molar refractivity (Wildman–Crippen MR) is 85.6 cm³/mol. The molecule has 0 fully saturated rings. The molecule has 22 heavy (non-hydrogen) atoms. The summed E-state index contributed by atoms with van der Waals surface area (Å²) in [5.74, 6) is 0.117. The predicted octanol–water partition coefficient (Wildman–Crippen LogP) is 3.13. The number of nitrogens with one attached hydrogen (secondary N) is 1. The minimum absolute atomic E-state index is 0.307. The van der Waals surface area contributed by atoms with Crippen molar-refractivity contribution >= 4 is 27.4 Å². The summed E-state index contributed by atoms with van der Waals surface area (Å²) < 4.78 is 5.84. The minimum atomic E-state index is -0.325. The minimum Gasteiger partial charge on any atom is -0.424 e. The average molecular weight is 361 g/mol. The number of carbonyl (C=O) groups is 1. The van der Waals surface area contributed by atoms with Gasteiger partial charge < -0.3 is 9.73 Å². The van der Waals surface area contributed by atoms with Crippen LogP contribution in [0.25, 0.3) is 5.57 Å². The van der Waals surface area contributed by atoms with Crippen LogP contribution in [-0.2, 0) is 0 Å². The lowest BCUT2D eigenvalue weighted by Crippen LogP contribution is -2.22. The van der Waals surface area contributed by atoms with Gasteiger partial charge in [0.15, 0.2) is 0 Å². The second-order valence-corrected chi connectivity index (χ2v) is 5.21. The fourth-order valence-electron chi connectivity index (χ4n) is 1.51. The van der Waals surface area contributed by atoms with Crippen molar-refractivity contribution in [3.63, 3.8) is 0 Å². The van der Waals surface area contributed by atoms with Gasteiger partial charge in [-0.3, -0.25) is 9.78 Å². The van der Waals surface area contributed by atoms with Crippen LogP contribution in [0.15, 0.2) is 64.1 Å². The zero-order chi connectivity index (χ0) is 15.9. The van der Waals surface area contributed by atoms with Crippen molar-refractivity contribution in [1.29, 1.82) is 0 Å². The van der Waals surface area contributed by atoms with Crippen LogP contribution in [0.4, 0.5) is 0 Å². The van der Waals surface area contributed by atoms with Gasteiger partial charge in [-0.05, 0) is 25.1 Å². The molecule has 7 heteroatoms. The number of nitrogens with zero attached hydrogens (tertiary/aromatic N) is 3. The molecule has 1 amide bonds. The molecule has 112 valence electrons. The van der Waals surface area contributed by atoms with Crippen molar-refractivity contribution in [2.75, 3.05) is 0 Å². The van der Waals surface area contributed by atoms with E-state index in [-0.39, 0.29) is 5.91 Å². The summed E-state index contributed by atoms with van der Waals surface area (Å²) in [4.78, 5) is 15.9. The van der Waals surface area contributed by atoms with E-state index in [2.05, 4.69) is 43.0 Å². The van der Waals surface area contributed by atoms with Gasteiger partial charge in [0.05, 0.1) is 0 Å². The molecule has 0 aliphatic carbocycles. The molecule has 0 radical (unpaired) electrons. The van der Waals surface area contributed by atoms with E-state index in [4.69, 9.17) is 4.42 Å². The molecule has 0 aromatic carbocycles. The topological polar surface area (TPSA) is 80.9 Å². The van der Waals surface area contributed by atoms with Gasteiger partial charge in [-0.25, -0.2) is 0 Å². The molecule has 0 spiro atoms. The van der Waals surface area contributed by atoms with Crippen LogP contribution in [0.1, 0.15) is 23.3 Å². The molecule has 0 atom stereocenters. The normalized spacial score (nSPS) is 11.6. The van der Waals surface area contributed by atoms with Gasteiger partial charge in [-0.2, -0.15) is 0 Å². The Kier molecular flexibility index (Phi) is 5.37. The standard InChI is InChI=1S/C15H13BrN4O2/c1-10(15-20-18-9-22-15)4-3-5-11(2)19-14(21)13-8-12(16)6-7-17-13/h3-9H,2H2,1H3,(H,19,21)/b5-3-,10-4+. The molecule has 2 heterocycles. The highest BCUT2D eigenvalue weighted by Gasteiger charge is 2.07. The first-order valence-electron chi connectivity index (χ1n) is 6.29. The van der Waals surface area contributed by atoms with Gasteiger partial charge in [0.25, 0.3) is 5.91 Å². The van der Waals surface area contributed by atoms with Gasteiger partial charge in [-0.1, -0.05) is 34.7 Å². The highest BCUT2D eigenvalue weighted by Crippen LogP contribution is 2.10. The van der Waals surface area contributed by atoms with Crippen molar-refractivity contribution in [3.05, 3.63) is 71.3 Å². The van der Waals surface area contributed by atoms with Crippen LogP contribution in [0.2, 0.25) is 0 Å². The number of hydrogen-bond acceptors (Lipinski definition) is 5. The van der Waals surface area contributed by atoms with Gasteiger partial charge >= 0.3 is 0 Å². The van der Waals surface area contributed by atoms with E-state index in [1.54, 1.807) is 36.6 Å². The van der Waals surface area contributed by atoms with E-state index in [0.717, 1.165) is 10.0 Å². The van der Waals surface area contributed by atoms with Crippen molar-refractivity contribution in [3.8, 4) is 0 Å². The van der Waals surface area contributed by atoms with E-state index < -0.39 is 0 Å². The molecule has 1 N–H and O–H groups in total. The maximum atomic E-state index is 12.0. The summed E-state index contributed by atoms with van der Waals surface area (Å²) in [6.07, 6.45) is 7.99. The third-order valence-corrected chi connectivity index (χ3v) is 3.06. The lowest BCUT2D eigenvalue weighted by atomic mass is 10.2. The maximum absolute atomic E-state index is 12.0. The summed E-state index contributed by atoms with van der Waals surface area (Å²) in [7, 11) is 0. The summed E-state index contributed by atoms with van der Waals surface area (Å²) in [6, 6.07) is 3.38. The molecular formula is C15H13BrN4O2. The highest BCUT2D eigenvalue weighted by atomic mass is 79.9. The van der Waals surface area contributed by atoms with Crippen molar-refractivity contribution < 1.29 is 9.21 Å². The van der Waals surface area contributed by atoms with Crippen LogP contribution in [0, 0.1) is 0 Å². The van der Waals surface area contributed by atoms with E-state index in [1.807, 2.05) is 6.92 Å². The quantitative estimate of drug-likeness (QED) is 0.828. The molecule has 0 aliphatic rings. The molecule has 0 bridgehead atoms. The molecule has 0 aliphatic heterocycles. The van der Waals surface area contributed by atoms with E-state index in [1.165, 1.54) is 6.39 Å². The Morgan fingerprint density at radius 2 is 2.32 bits per heavy atom. The first-order chi connectivity index (χ1) is 10.6. The average Bonchev–Trinajstić information content (AvgIpc) is 3.01. The van der Waals surface area contributed by atoms with E-state index >= 15 is 0 Å². The van der Waals surface area contributed by atoms with Crippen LogP contribution in [0.3, 0.4) is 0 Å². The summed E-state index contributed by atoms with van der Waals surface area (Å²) in [6.45, 7) is 5.60. The Morgan fingerprint density at radius 1 is 1.50 bits per heavy atom.